The maximum Gasteiger partial charge on any atom is 0.357 e. The molecule has 10 heteroatoms. The molecule has 2 N–H and O–H groups in total. The van der Waals surface area contributed by atoms with Gasteiger partial charge in [0.25, 0.3) is 5.91 Å². The second kappa shape index (κ2) is 8.26. The number of esters is 1. The number of piperidine rings is 1. The van der Waals surface area contributed by atoms with Crippen molar-refractivity contribution in [2.45, 2.75) is 32.5 Å². The van der Waals surface area contributed by atoms with Crippen molar-refractivity contribution in [3.8, 4) is 0 Å². The fourth-order valence-corrected chi connectivity index (χ4v) is 4.04. The summed E-state index contributed by atoms with van der Waals surface area (Å²) in [5.41, 5.74) is 1.22. The number of hydrogen-bond acceptors (Lipinski definition) is 6. The first-order chi connectivity index (χ1) is 12.9. The van der Waals surface area contributed by atoms with Gasteiger partial charge >= 0.3 is 5.97 Å². The van der Waals surface area contributed by atoms with Gasteiger partial charge in [0.15, 0.2) is 10.8 Å². The van der Waals surface area contributed by atoms with Gasteiger partial charge in [-0.3, -0.25) is 4.79 Å². The standard InChI is InChI=1S/C17H20ClFN4O3S/c1-3-26-16(25)13-8-27-17(22-13)23-5-4-12(11(19)7-23)21-15(24)14-10(18)6-9(2)20-14/h6,8,11-12,20H,3-5,7H2,1-2H3,(H,21,24)/t11-,12+/m0/s1. The summed E-state index contributed by atoms with van der Waals surface area (Å²) in [6.07, 6.45) is -0.856. The second-order valence-electron chi connectivity index (χ2n) is 6.24. The van der Waals surface area contributed by atoms with Crippen LogP contribution in [0.1, 0.15) is 40.0 Å². The lowest BCUT2D eigenvalue weighted by Crippen LogP contribution is -2.52. The third kappa shape index (κ3) is 4.41. The van der Waals surface area contributed by atoms with E-state index in [4.69, 9.17) is 16.3 Å². The number of aryl methyl sites for hydroxylation is 1. The van der Waals surface area contributed by atoms with E-state index < -0.39 is 24.1 Å². The number of alkyl halides is 1. The van der Waals surface area contributed by atoms with Crippen molar-refractivity contribution < 1.29 is 18.7 Å². The molecule has 3 rings (SSSR count). The maximum absolute atomic E-state index is 14.6. The molecule has 2 atom stereocenters. The Morgan fingerprint density at radius 1 is 1.56 bits per heavy atom. The number of hydrogen-bond donors (Lipinski definition) is 2. The molecule has 1 saturated heterocycles. The van der Waals surface area contributed by atoms with E-state index in [9.17, 15) is 14.0 Å². The van der Waals surface area contributed by atoms with Crippen LogP contribution in [-0.4, -0.2) is 53.8 Å². The molecule has 27 heavy (non-hydrogen) atoms. The highest BCUT2D eigenvalue weighted by Crippen LogP contribution is 2.26. The monoisotopic (exact) mass is 414 g/mol. The Hall–Kier alpha value is -2.13. The number of amides is 1. The number of halogens is 2. The zero-order valence-corrected chi connectivity index (χ0v) is 16.5. The van der Waals surface area contributed by atoms with Crippen molar-refractivity contribution in [3.05, 3.63) is 33.6 Å². The molecule has 1 amide bonds. The third-order valence-corrected chi connectivity index (χ3v) is 5.44. The number of thiazole rings is 1. The van der Waals surface area contributed by atoms with Crippen molar-refractivity contribution >= 4 is 39.9 Å². The normalized spacial score (nSPS) is 19.8. The minimum Gasteiger partial charge on any atom is -0.461 e. The Labute approximate surface area is 164 Å². The molecule has 0 aliphatic carbocycles. The zero-order valence-electron chi connectivity index (χ0n) is 14.9. The summed E-state index contributed by atoms with van der Waals surface area (Å²) >= 11 is 7.28. The van der Waals surface area contributed by atoms with E-state index >= 15 is 0 Å². The number of H-pyrrole nitrogens is 1. The van der Waals surface area contributed by atoms with E-state index in [0.29, 0.717) is 23.1 Å². The summed E-state index contributed by atoms with van der Waals surface area (Å²) in [6.45, 7) is 4.38. The van der Waals surface area contributed by atoms with Crippen LogP contribution in [0, 0.1) is 6.92 Å². The molecule has 2 aromatic heterocycles. The number of carbonyl (C=O) groups is 2. The van der Waals surface area contributed by atoms with Gasteiger partial charge in [-0.25, -0.2) is 14.2 Å². The van der Waals surface area contributed by atoms with Crippen LogP contribution in [0.25, 0.3) is 0 Å². The van der Waals surface area contributed by atoms with Crippen LogP contribution in [0.4, 0.5) is 9.52 Å². The topological polar surface area (TPSA) is 87.3 Å². The number of aromatic nitrogens is 2. The summed E-state index contributed by atoms with van der Waals surface area (Å²) < 4.78 is 19.6. The first kappa shape index (κ1) is 19.6. The van der Waals surface area contributed by atoms with E-state index in [1.54, 1.807) is 30.2 Å². The first-order valence-corrected chi connectivity index (χ1v) is 9.82. The van der Waals surface area contributed by atoms with Crippen molar-refractivity contribution in [3.63, 3.8) is 0 Å². The Morgan fingerprint density at radius 3 is 2.96 bits per heavy atom. The Balaban J connectivity index is 1.60. The third-order valence-electron chi connectivity index (χ3n) is 4.24. The lowest BCUT2D eigenvalue weighted by Gasteiger charge is -2.34. The van der Waals surface area contributed by atoms with Gasteiger partial charge in [0.05, 0.1) is 24.2 Å². The number of aromatic amines is 1. The quantitative estimate of drug-likeness (QED) is 0.734. The molecule has 0 saturated carbocycles. The number of ether oxygens (including phenoxy) is 1. The number of carbonyl (C=O) groups excluding carboxylic acids is 2. The lowest BCUT2D eigenvalue weighted by molar-refractivity contribution is 0.0520. The van der Waals surface area contributed by atoms with Gasteiger partial charge in [0.1, 0.15) is 11.9 Å². The van der Waals surface area contributed by atoms with Crippen LogP contribution in [-0.2, 0) is 4.74 Å². The predicted octanol–water partition coefficient (Wildman–Crippen LogP) is 2.96. The SMILES string of the molecule is CCOC(=O)c1csc(N2CC[C@@H](NC(=O)c3[nH]c(C)cc3Cl)[C@@H](F)C2)n1. The van der Waals surface area contributed by atoms with Gasteiger partial charge in [-0.15, -0.1) is 11.3 Å². The van der Waals surface area contributed by atoms with Crippen molar-refractivity contribution in [2.24, 2.45) is 0 Å². The average Bonchev–Trinajstić information content (AvgIpc) is 3.23. The molecule has 0 unspecified atom stereocenters. The van der Waals surface area contributed by atoms with Crippen LogP contribution >= 0.6 is 22.9 Å². The summed E-state index contributed by atoms with van der Waals surface area (Å²) in [6, 6.07) is 1.04. The Bertz CT molecular complexity index is 840. The second-order valence-corrected chi connectivity index (χ2v) is 7.49. The van der Waals surface area contributed by atoms with Crippen molar-refractivity contribution in [2.75, 3.05) is 24.6 Å². The smallest absolute Gasteiger partial charge is 0.357 e. The molecule has 7 nitrogen and oxygen atoms in total. The molecule has 1 fully saturated rings. The molecule has 0 spiro atoms. The van der Waals surface area contributed by atoms with Crippen LogP contribution in [0.2, 0.25) is 5.02 Å². The summed E-state index contributed by atoms with van der Waals surface area (Å²) in [5.74, 6) is -0.912. The Morgan fingerprint density at radius 2 is 2.33 bits per heavy atom. The van der Waals surface area contributed by atoms with Gasteiger partial charge in [-0.05, 0) is 26.3 Å². The molecule has 0 aromatic carbocycles. The molecule has 0 radical (unpaired) electrons. The van der Waals surface area contributed by atoms with Gasteiger partial charge in [-0.1, -0.05) is 11.6 Å². The summed E-state index contributed by atoms with van der Waals surface area (Å²) in [7, 11) is 0. The molecule has 2 aromatic rings. The number of nitrogens with one attached hydrogen (secondary N) is 2. The minimum absolute atomic E-state index is 0.0816. The van der Waals surface area contributed by atoms with Crippen LogP contribution in [0.15, 0.2) is 11.4 Å². The van der Waals surface area contributed by atoms with Crippen LogP contribution < -0.4 is 10.2 Å². The van der Waals surface area contributed by atoms with Crippen LogP contribution in [0.5, 0.6) is 0 Å². The van der Waals surface area contributed by atoms with Crippen molar-refractivity contribution in [1.82, 2.24) is 15.3 Å². The van der Waals surface area contributed by atoms with Gasteiger partial charge in [0, 0.05) is 17.6 Å². The first-order valence-electron chi connectivity index (χ1n) is 8.56. The van der Waals surface area contributed by atoms with Gasteiger partial charge < -0.3 is 19.9 Å². The highest BCUT2D eigenvalue weighted by Gasteiger charge is 2.32. The largest absolute Gasteiger partial charge is 0.461 e. The van der Waals surface area contributed by atoms with E-state index in [0.717, 1.165) is 5.69 Å². The number of nitrogens with zero attached hydrogens (tertiary/aromatic N) is 2. The predicted molar refractivity (Wildman–Crippen MR) is 102 cm³/mol. The van der Waals surface area contributed by atoms with E-state index in [1.807, 2.05) is 0 Å². The van der Waals surface area contributed by atoms with E-state index in [2.05, 4.69) is 15.3 Å². The summed E-state index contributed by atoms with van der Waals surface area (Å²) in [4.78, 5) is 32.9. The Kier molecular flexibility index (Phi) is 6.01. The minimum atomic E-state index is -1.27. The fraction of sp³-hybridized carbons (Fsp3) is 0.471. The average molecular weight is 415 g/mol. The number of anilines is 1. The number of rotatable bonds is 5. The van der Waals surface area contributed by atoms with Gasteiger partial charge in [-0.2, -0.15) is 0 Å². The van der Waals surface area contributed by atoms with E-state index in [-0.39, 0.29) is 24.5 Å². The molecule has 1 aliphatic rings. The molecule has 0 bridgehead atoms. The highest BCUT2D eigenvalue weighted by molar-refractivity contribution is 7.13. The fourth-order valence-electron chi connectivity index (χ4n) is 2.91. The van der Waals surface area contributed by atoms with E-state index in [1.165, 1.54) is 11.3 Å². The van der Waals surface area contributed by atoms with Crippen molar-refractivity contribution in [1.29, 1.82) is 0 Å². The molecular weight excluding hydrogens is 395 g/mol. The zero-order chi connectivity index (χ0) is 19.6. The van der Waals surface area contributed by atoms with Gasteiger partial charge in [0.2, 0.25) is 0 Å². The molecule has 1 aliphatic heterocycles. The summed E-state index contributed by atoms with van der Waals surface area (Å²) in [5, 5.41) is 5.18. The molecular formula is C17H20ClFN4O3S. The molecule has 146 valence electrons. The highest BCUT2D eigenvalue weighted by atomic mass is 35.5. The molecule has 3 heterocycles. The lowest BCUT2D eigenvalue weighted by atomic mass is 10.0. The van der Waals surface area contributed by atoms with Crippen LogP contribution in [0.3, 0.4) is 0 Å². The maximum atomic E-state index is 14.6.